The van der Waals surface area contributed by atoms with Crippen LogP contribution < -0.4 is 5.32 Å². The summed E-state index contributed by atoms with van der Waals surface area (Å²) in [5.41, 5.74) is 2.24. The lowest BCUT2D eigenvalue weighted by Crippen LogP contribution is -2.19. The van der Waals surface area contributed by atoms with Crippen LogP contribution in [0.1, 0.15) is 46.6 Å². The van der Waals surface area contributed by atoms with Crippen molar-refractivity contribution >= 4 is 29.5 Å². The molecule has 0 spiro atoms. The highest BCUT2D eigenvalue weighted by Crippen LogP contribution is 2.38. The first kappa shape index (κ1) is 24.5. The van der Waals surface area contributed by atoms with Crippen LogP contribution in [0.3, 0.4) is 0 Å². The van der Waals surface area contributed by atoms with E-state index in [0.717, 1.165) is 18.9 Å². The molecular formula is C25H21ClF3N5O. The summed E-state index contributed by atoms with van der Waals surface area (Å²) in [6, 6.07) is 9.54. The molecule has 0 radical (unpaired) electrons. The molecule has 1 N–H and O–H groups in total. The molecule has 180 valence electrons. The lowest BCUT2D eigenvalue weighted by atomic mass is 9.93. The van der Waals surface area contributed by atoms with Crippen molar-refractivity contribution in [3.63, 3.8) is 0 Å². The average molecular weight is 500 g/mol. The Morgan fingerprint density at radius 3 is 2.54 bits per heavy atom. The number of rotatable bonds is 6. The molecule has 1 aliphatic rings. The van der Waals surface area contributed by atoms with Crippen LogP contribution in [0.25, 0.3) is 11.8 Å². The van der Waals surface area contributed by atoms with E-state index >= 15 is 0 Å². The van der Waals surface area contributed by atoms with Crippen molar-refractivity contribution in [1.82, 2.24) is 14.8 Å². The standard InChI is InChI=1S/C25H21ClF3N5O/c1-14-9-18(10-15(2)22(14)26)20(25(27,28)29)7-3-16-4-8-21(19(11-16)12-30)34-13-31-24(33-34)32-23(35)17-5-6-17/h3-4,7-11,13,17,20H,5-6H2,1-2H3,(H,32,33,35)/b7-3+. The van der Waals surface area contributed by atoms with E-state index in [0.29, 0.717) is 27.4 Å². The van der Waals surface area contributed by atoms with E-state index in [2.05, 4.69) is 15.4 Å². The van der Waals surface area contributed by atoms with E-state index in [1.165, 1.54) is 35.3 Å². The first-order valence-corrected chi connectivity index (χ1v) is 11.2. The van der Waals surface area contributed by atoms with Gasteiger partial charge in [-0.2, -0.15) is 23.4 Å². The molecule has 0 saturated heterocycles. The first-order chi connectivity index (χ1) is 16.6. The number of alkyl halides is 3. The van der Waals surface area contributed by atoms with Crippen molar-refractivity contribution in [3.05, 3.63) is 75.6 Å². The number of aromatic nitrogens is 3. The summed E-state index contributed by atoms with van der Waals surface area (Å²) in [5, 5.41) is 16.9. The number of carbonyl (C=O) groups excluding carboxylic acids is 1. The van der Waals surface area contributed by atoms with Gasteiger partial charge < -0.3 is 0 Å². The normalized spacial score (nSPS) is 14.7. The monoisotopic (exact) mass is 499 g/mol. The highest BCUT2D eigenvalue weighted by atomic mass is 35.5. The topological polar surface area (TPSA) is 83.6 Å². The predicted molar refractivity (Wildman–Crippen MR) is 126 cm³/mol. The second-order valence-electron chi connectivity index (χ2n) is 8.51. The Bertz CT molecular complexity index is 1330. The quantitative estimate of drug-likeness (QED) is 0.443. The fraction of sp³-hybridized carbons (Fsp3) is 0.280. The number of hydrogen-bond donors (Lipinski definition) is 1. The largest absolute Gasteiger partial charge is 0.399 e. The minimum Gasteiger partial charge on any atom is -0.293 e. The number of aryl methyl sites for hydroxylation is 2. The van der Waals surface area contributed by atoms with E-state index in [-0.39, 0.29) is 28.9 Å². The van der Waals surface area contributed by atoms with E-state index in [1.54, 1.807) is 26.0 Å². The van der Waals surface area contributed by atoms with Gasteiger partial charge in [0.2, 0.25) is 11.9 Å². The molecule has 1 unspecified atom stereocenters. The van der Waals surface area contributed by atoms with Crippen LogP contribution in [0, 0.1) is 31.1 Å². The summed E-state index contributed by atoms with van der Waals surface area (Å²) >= 11 is 6.12. The van der Waals surface area contributed by atoms with Crippen molar-refractivity contribution < 1.29 is 18.0 Å². The number of allylic oxidation sites excluding steroid dienone is 1. The van der Waals surface area contributed by atoms with Gasteiger partial charge in [0.25, 0.3) is 0 Å². The molecule has 0 aliphatic heterocycles. The third kappa shape index (κ3) is 5.54. The van der Waals surface area contributed by atoms with Crippen molar-refractivity contribution in [2.45, 2.75) is 38.8 Å². The van der Waals surface area contributed by atoms with Crippen LogP contribution in [0.15, 0.2) is 42.7 Å². The zero-order valence-corrected chi connectivity index (χ0v) is 19.7. The lowest BCUT2D eigenvalue weighted by molar-refractivity contribution is -0.139. The molecule has 1 saturated carbocycles. The summed E-state index contributed by atoms with van der Waals surface area (Å²) in [5.74, 6) is -1.87. The van der Waals surface area contributed by atoms with E-state index in [4.69, 9.17) is 11.6 Å². The maximum atomic E-state index is 13.9. The molecule has 2 aromatic carbocycles. The molecule has 4 rings (SSSR count). The molecule has 1 atom stereocenters. The highest BCUT2D eigenvalue weighted by Gasteiger charge is 2.39. The molecule has 3 aromatic rings. The minimum absolute atomic E-state index is 0.0103. The molecular weight excluding hydrogens is 479 g/mol. The number of amides is 1. The highest BCUT2D eigenvalue weighted by molar-refractivity contribution is 6.32. The minimum atomic E-state index is -4.51. The van der Waals surface area contributed by atoms with Gasteiger partial charge in [-0.15, -0.1) is 5.10 Å². The Balaban J connectivity index is 1.59. The van der Waals surface area contributed by atoms with Crippen molar-refractivity contribution in [2.24, 2.45) is 5.92 Å². The zero-order valence-electron chi connectivity index (χ0n) is 18.9. The Morgan fingerprint density at radius 2 is 1.94 bits per heavy atom. The zero-order chi connectivity index (χ0) is 25.3. The van der Waals surface area contributed by atoms with Crippen LogP contribution in [0.4, 0.5) is 19.1 Å². The van der Waals surface area contributed by atoms with E-state index < -0.39 is 12.1 Å². The van der Waals surface area contributed by atoms with Gasteiger partial charge in [0.15, 0.2) is 0 Å². The van der Waals surface area contributed by atoms with Gasteiger partial charge in [0.1, 0.15) is 12.4 Å². The second-order valence-corrected chi connectivity index (χ2v) is 8.89. The average Bonchev–Trinajstić information content (AvgIpc) is 3.56. The fourth-order valence-electron chi connectivity index (χ4n) is 3.72. The summed E-state index contributed by atoms with van der Waals surface area (Å²) in [7, 11) is 0. The molecule has 1 aromatic heterocycles. The Labute approximate surface area is 205 Å². The van der Waals surface area contributed by atoms with E-state index in [9.17, 15) is 23.2 Å². The van der Waals surface area contributed by atoms with Gasteiger partial charge >= 0.3 is 6.18 Å². The number of nitrogens with one attached hydrogen (secondary N) is 1. The summed E-state index contributed by atoms with van der Waals surface area (Å²) in [6.45, 7) is 3.33. The van der Waals surface area contributed by atoms with Crippen molar-refractivity contribution in [3.8, 4) is 11.8 Å². The SMILES string of the molecule is Cc1cc(C(/C=C/c2ccc(-n3cnc(NC(=O)C4CC4)n3)c(C#N)c2)C(F)(F)F)cc(C)c1Cl. The van der Waals surface area contributed by atoms with Gasteiger partial charge in [-0.05, 0) is 61.1 Å². The molecule has 1 amide bonds. The lowest BCUT2D eigenvalue weighted by Gasteiger charge is -2.19. The van der Waals surface area contributed by atoms with Crippen LogP contribution in [-0.4, -0.2) is 26.8 Å². The second kappa shape index (κ2) is 9.55. The summed E-state index contributed by atoms with van der Waals surface area (Å²) in [4.78, 5) is 15.9. The molecule has 1 aliphatic carbocycles. The van der Waals surface area contributed by atoms with Gasteiger partial charge in [-0.3, -0.25) is 10.1 Å². The van der Waals surface area contributed by atoms with Crippen molar-refractivity contribution in [1.29, 1.82) is 5.26 Å². The van der Waals surface area contributed by atoms with Gasteiger partial charge in [-0.1, -0.05) is 42.0 Å². The Hall–Kier alpha value is -3.64. The number of nitriles is 1. The van der Waals surface area contributed by atoms with E-state index in [1.807, 2.05) is 6.07 Å². The summed E-state index contributed by atoms with van der Waals surface area (Å²) < 4.78 is 42.9. The van der Waals surface area contributed by atoms with Crippen molar-refractivity contribution in [2.75, 3.05) is 5.32 Å². The number of benzene rings is 2. The maximum Gasteiger partial charge on any atom is 0.399 e. The Kier molecular flexibility index (Phi) is 6.68. The van der Waals surface area contributed by atoms with Crippen LogP contribution in [-0.2, 0) is 4.79 Å². The number of halogens is 4. The predicted octanol–water partition coefficient (Wildman–Crippen LogP) is 6.12. The Morgan fingerprint density at radius 1 is 1.26 bits per heavy atom. The number of hydrogen-bond acceptors (Lipinski definition) is 4. The third-order valence-electron chi connectivity index (χ3n) is 5.71. The van der Waals surface area contributed by atoms with Gasteiger partial charge in [0, 0.05) is 10.9 Å². The van der Waals surface area contributed by atoms with Gasteiger partial charge in [-0.25, -0.2) is 4.68 Å². The molecule has 6 nitrogen and oxygen atoms in total. The maximum absolute atomic E-state index is 13.9. The van der Waals surface area contributed by atoms with Crippen LogP contribution in [0.5, 0.6) is 0 Å². The smallest absolute Gasteiger partial charge is 0.293 e. The molecule has 0 bridgehead atoms. The number of carbonyl (C=O) groups is 1. The third-order valence-corrected chi connectivity index (χ3v) is 6.31. The molecule has 1 heterocycles. The molecule has 10 heteroatoms. The van der Waals surface area contributed by atoms with Crippen LogP contribution in [0.2, 0.25) is 5.02 Å². The van der Waals surface area contributed by atoms with Crippen LogP contribution >= 0.6 is 11.6 Å². The van der Waals surface area contributed by atoms with Gasteiger partial charge in [0.05, 0.1) is 17.2 Å². The molecule has 35 heavy (non-hydrogen) atoms. The molecule has 1 fully saturated rings. The number of nitrogens with zero attached hydrogens (tertiary/aromatic N) is 4. The summed E-state index contributed by atoms with van der Waals surface area (Å²) in [6.07, 6.45) is 0.936. The first-order valence-electron chi connectivity index (χ1n) is 10.9. The number of anilines is 1. The fourth-order valence-corrected chi connectivity index (χ4v) is 3.83.